The molecule has 0 aliphatic heterocycles. The summed E-state index contributed by atoms with van der Waals surface area (Å²) in [5.74, 6) is -4.61. The van der Waals surface area contributed by atoms with Crippen LogP contribution < -0.4 is 11.5 Å². The molecule has 140 valence electrons. The van der Waals surface area contributed by atoms with Crippen LogP contribution in [0.15, 0.2) is 48.5 Å². The molecule has 0 saturated carbocycles. The lowest BCUT2D eigenvalue weighted by atomic mass is 9.71. The molecule has 0 radical (unpaired) electrons. The highest BCUT2D eigenvalue weighted by atomic mass is 19.1. The number of hydrogen-bond acceptors (Lipinski definition) is 2. The summed E-state index contributed by atoms with van der Waals surface area (Å²) >= 11 is 0. The van der Waals surface area contributed by atoms with E-state index in [1.165, 1.54) is 19.1 Å². The van der Waals surface area contributed by atoms with E-state index in [1.807, 2.05) is 0 Å². The van der Waals surface area contributed by atoms with E-state index in [9.17, 15) is 22.0 Å². The molecule has 0 bridgehead atoms. The van der Waals surface area contributed by atoms with Crippen molar-refractivity contribution in [3.05, 3.63) is 94.3 Å². The number of benzene rings is 3. The van der Waals surface area contributed by atoms with E-state index in [1.54, 1.807) is 0 Å². The summed E-state index contributed by atoms with van der Waals surface area (Å²) in [6.45, 7) is 1.51. The zero-order valence-electron chi connectivity index (χ0n) is 14.2. The van der Waals surface area contributed by atoms with Gasteiger partial charge in [0.2, 0.25) is 0 Å². The number of nitrogen functional groups attached to an aromatic ring is 2. The van der Waals surface area contributed by atoms with Crippen molar-refractivity contribution in [2.45, 2.75) is 12.3 Å². The molecule has 3 rings (SSSR count). The Labute approximate surface area is 152 Å². The monoisotopic (exact) mass is 378 g/mol. The van der Waals surface area contributed by atoms with Crippen molar-refractivity contribution in [2.24, 2.45) is 0 Å². The molecule has 4 N–H and O–H groups in total. The maximum absolute atomic E-state index is 14.1. The van der Waals surface area contributed by atoms with Gasteiger partial charge in [-0.2, -0.15) is 0 Å². The topological polar surface area (TPSA) is 52.0 Å². The largest absolute Gasteiger partial charge is 0.394 e. The Morgan fingerprint density at radius 2 is 0.926 bits per heavy atom. The van der Waals surface area contributed by atoms with Gasteiger partial charge in [0, 0.05) is 5.41 Å². The van der Waals surface area contributed by atoms with Gasteiger partial charge < -0.3 is 11.5 Å². The molecule has 0 atom stereocenters. The minimum Gasteiger partial charge on any atom is -0.394 e. The van der Waals surface area contributed by atoms with Gasteiger partial charge in [-0.15, -0.1) is 0 Å². The molecular weight excluding hydrogens is 363 g/mol. The average Bonchev–Trinajstić information content (AvgIpc) is 2.63. The fourth-order valence-electron chi connectivity index (χ4n) is 3.03. The van der Waals surface area contributed by atoms with Gasteiger partial charge in [0.25, 0.3) is 0 Å². The Kier molecular flexibility index (Phi) is 4.55. The first kappa shape index (κ1) is 18.7. The summed E-state index contributed by atoms with van der Waals surface area (Å²) in [6, 6.07) is 8.94. The zero-order chi connectivity index (χ0) is 19.9. The van der Waals surface area contributed by atoms with Crippen molar-refractivity contribution in [1.29, 1.82) is 0 Å². The third-order valence-corrected chi connectivity index (χ3v) is 4.73. The Balaban J connectivity index is 2.35. The normalized spacial score (nSPS) is 11.6. The van der Waals surface area contributed by atoms with Crippen LogP contribution in [0.2, 0.25) is 0 Å². The third kappa shape index (κ3) is 3.09. The summed E-state index contributed by atoms with van der Waals surface area (Å²) in [6.07, 6.45) is 0. The van der Waals surface area contributed by atoms with E-state index in [2.05, 4.69) is 0 Å². The van der Waals surface area contributed by atoms with Gasteiger partial charge >= 0.3 is 0 Å². The van der Waals surface area contributed by atoms with Crippen LogP contribution in [0.1, 0.15) is 23.6 Å². The van der Waals surface area contributed by atoms with Gasteiger partial charge in [-0.3, -0.25) is 0 Å². The minimum atomic E-state index is -1.42. The fourth-order valence-corrected chi connectivity index (χ4v) is 3.03. The molecule has 0 spiro atoms. The molecule has 2 nitrogen and oxygen atoms in total. The van der Waals surface area contributed by atoms with Crippen LogP contribution in [0.5, 0.6) is 0 Å². The SMILES string of the molecule is CC(c1ccc(F)cc1)(c1cc(F)c(N)c(F)c1)c1cc(F)c(N)c(F)c1. The predicted octanol–water partition coefficient (Wildman–Crippen LogP) is 4.90. The van der Waals surface area contributed by atoms with Gasteiger partial charge in [0.1, 0.15) is 40.5 Å². The predicted molar refractivity (Wildman–Crippen MR) is 93.5 cm³/mol. The van der Waals surface area contributed by atoms with E-state index in [4.69, 9.17) is 11.5 Å². The van der Waals surface area contributed by atoms with Crippen molar-refractivity contribution in [3.63, 3.8) is 0 Å². The molecule has 0 unspecified atom stereocenters. The molecule has 27 heavy (non-hydrogen) atoms. The molecule has 3 aromatic rings. The van der Waals surface area contributed by atoms with Crippen molar-refractivity contribution >= 4 is 11.4 Å². The Morgan fingerprint density at radius 1 is 0.593 bits per heavy atom. The van der Waals surface area contributed by atoms with Crippen molar-refractivity contribution in [2.75, 3.05) is 11.5 Å². The van der Waals surface area contributed by atoms with Gasteiger partial charge in [-0.25, -0.2) is 22.0 Å². The number of halogens is 5. The first-order chi connectivity index (χ1) is 12.6. The van der Waals surface area contributed by atoms with E-state index < -0.39 is 45.9 Å². The molecule has 0 aliphatic rings. The summed E-state index contributed by atoms with van der Waals surface area (Å²) in [5, 5.41) is 0. The molecule has 0 saturated heterocycles. The van der Waals surface area contributed by atoms with Gasteiger partial charge in [-0.1, -0.05) is 12.1 Å². The molecule has 7 heteroatoms. The van der Waals surface area contributed by atoms with E-state index >= 15 is 0 Å². The zero-order valence-corrected chi connectivity index (χ0v) is 14.2. The van der Waals surface area contributed by atoms with Crippen LogP contribution in [0.4, 0.5) is 33.3 Å². The van der Waals surface area contributed by atoms with Crippen LogP contribution in [-0.2, 0) is 5.41 Å². The van der Waals surface area contributed by atoms with Gasteiger partial charge in [0.05, 0.1) is 0 Å². The Morgan fingerprint density at radius 3 is 1.26 bits per heavy atom. The highest BCUT2D eigenvalue weighted by molar-refractivity contribution is 5.56. The van der Waals surface area contributed by atoms with Crippen LogP contribution in [-0.4, -0.2) is 0 Å². The van der Waals surface area contributed by atoms with Crippen molar-refractivity contribution < 1.29 is 22.0 Å². The summed E-state index contributed by atoms with van der Waals surface area (Å²) < 4.78 is 69.8. The van der Waals surface area contributed by atoms with E-state index in [0.717, 1.165) is 36.4 Å². The number of nitrogens with two attached hydrogens (primary N) is 2. The maximum Gasteiger partial charge on any atom is 0.149 e. The standard InChI is InChI=1S/C20H15F5N2/c1-20(10-2-4-13(21)5-3-10,11-6-14(22)18(26)15(23)7-11)12-8-16(24)19(27)17(25)9-12/h2-9H,26-27H2,1H3. The maximum atomic E-state index is 14.1. The lowest BCUT2D eigenvalue weighted by molar-refractivity contribution is 0.563. The van der Waals surface area contributed by atoms with Gasteiger partial charge in [0.15, 0.2) is 0 Å². The van der Waals surface area contributed by atoms with Crippen LogP contribution >= 0.6 is 0 Å². The van der Waals surface area contributed by atoms with E-state index in [-0.39, 0.29) is 11.1 Å². The second-order valence-electron chi connectivity index (χ2n) is 6.34. The first-order valence-corrected chi connectivity index (χ1v) is 7.90. The second kappa shape index (κ2) is 6.57. The quantitative estimate of drug-likeness (QED) is 0.387. The molecule has 0 heterocycles. The van der Waals surface area contributed by atoms with E-state index in [0.29, 0.717) is 5.56 Å². The average molecular weight is 378 g/mol. The van der Waals surface area contributed by atoms with Crippen LogP contribution in [0.3, 0.4) is 0 Å². The molecule has 0 amide bonds. The van der Waals surface area contributed by atoms with Gasteiger partial charge in [-0.05, 0) is 60.0 Å². The first-order valence-electron chi connectivity index (χ1n) is 7.90. The van der Waals surface area contributed by atoms with Crippen LogP contribution in [0.25, 0.3) is 0 Å². The number of rotatable bonds is 3. The van der Waals surface area contributed by atoms with Crippen molar-refractivity contribution in [1.82, 2.24) is 0 Å². The summed E-state index contributed by atoms with van der Waals surface area (Å²) in [4.78, 5) is 0. The second-order valence-corrected chi connectivity index (χ2v) is 6.34. The minimum absolute atomic E-state index is 0.0434. The number of anilines is 2. The third-order valence-electron chi connectivity index (χ3n) is 4.73. The summed E-state index contributed by atoms with van der Waals surface area (Å²) in [5.41, 5.74) is 8.33. The smallest absolute Gasteiger partial charge is 0.149 e. The molecule has 0 aromatic heterocycles. The number of hydrogen-bond donors (Lipinski definition) is 2. The van der Waals surface area contributed by atoms with Crippen LogP contribution in [0, 0.1) is 29.1 Å². The Bertz CT molecular complexity index is 912. The molecule has 3 aromatic carbocycles. The lowest BCUT2D eigenvalue weighted by Gasteiger charge is -2.32. The highest BCUT2D eigenvalue weighted by Gasteiger charge is 2.34. The Hall–Kier alpha value is -3.09. The molecular formula is C20H15F5N2. The van der Waals surface area contributed by atoms with Crippen molar-refractivity contribution in [3.8, 4) is 0 Å². The molecule has 0 fully saturated rings. The lowest BCUT2D eigenvalue weighted by Crippen LogP contribution is -2.27. The summed E-state index contributed by atoms with van der Waals surface area (Å²) in [7, 11) is 0. The fraction of sp³-hybridized carbons (Fsp3) is 0.100. The highest BCUT2D eigenvalue weighted by Crippen LogP contribution is 2.41. The molecule has 0 aliphatic carbocycles.